The van der Waals surface area contributed by atoms with Gasteiger partial charge in [0, 0.05) is 12.6 Å². The Labute approximate surface area is 103 Å². The number of nitrogens with zero attached hydrogens (tertiary/aromatic N) is 1. The maximum atomic E-state index is 12.2. The first kappa shape index (κ1) is 13.9. The molecule has 0 radical (unpaired) electrons. The van der Waals surface area contributed by atoms with Gasteiger partial charge < -0.3 is 5.73 Å². The highest BCUT2D eigenvalue weighted by atomic mass is 32.2. The molecule has 1 aliphatic heterocycles. The third kappa shape index (κ3) is 2.93. The molecule has 1 fully saturated rings. The van der Waals surface area contributed by atoms with Gasteiger partial charge in [0.1, 0.15) is 5.25 Å². The summed E-state index contributed by atoms with van der Waals surface area (Å²) in [7, 11) is -3.37. The van der Waals surface area contributed by atoms with Crippen LogP contribution in [-0.4, -0.2) is 35.5 Å². The summed E-state index contributed by atoms with van der Waals surface area (Å²) < 4.78 is 26.1. The molecule has 0 aliphatic carbocycles. The molecular formula is C10H20N2O2S2. The molecule has 0 aromatic heterocycles. The molecule has 0 amide bonds. The average molecular weight is 264 g/mol. The lowest BCUT2D eigenvalue weighted by molar-refractivity contribution is 0.341. The van der Waals surface area contributed by atoms with Gasteiger partial charge in [-0.1, -0.05) is 25.1 Å². The third-order valence-electron chi connectivity index (χ3n) is 3.17. The van der Waals surface area contributed by atoms with Crippen molar-refractivity contribution < 1.29 is 8.42 Å². The maximum absolute atomic E-state index is 12.2. The highest BCUT2D eigenvalue weighted by Gasteiger charge is 2.34. The number of hydrogen-bond acceptors (Lipinski definition) is 3. The molecule has 0 aromatic rings. The molecule has 2 unspecified atom stereocenters. The summed E-state index contributed by atoms with van der Waals surface area (Å²) in [5, 5.41) is -0.761. The fraction of sp³-hybridized carbons (Fsp3) is 0.900. The van der Waals surface area contributed by atoms with E-state index in [1.807, 2.05) is 6.92 Å². The van der Waals surface area contributed by atoms with Crippen LogP contribution < -0.4 is 5.73 Å². The van der Waals surface area contributed by atoms with Crippen LogP contribution in [0.1, 0.15) is 39.5 Å². The van der Waals surface area contributed by atoms with Crippen LogP contribution in [0.3, 0.4) is 0 Å². The third-order valence-corrected chi connectivity index (χ3v) is 6.01. The lowest BCUT2D eigenvalue weighted by Gasteiger charge is -2.28. The van der Waals surface area contributed by atoms with Crippen LogP contribution in [0.4, 0.5) is 0 Å². The minimum Gasteiger partial charge on any atom is -0.392 e. The fourth-order valence-electron chi connectivity index (χ4n) is 1.98. The van der Waals surface area contributed by atoms with Gasteiger partial charge in [0.25, 0.3) is 0 Å². The van der Waals surface area contributed by atoms with Crippen molar-refractivity contribution in [1.82, 2.24) is 4.31 Å². The topological polar surface area (TPSA) is 63.4 Å². The van der Waals surface area contributed by atoms with Crippen LogP contribution in [0.15, 0.2) is 0 Å². The molecule has 1 heterocycles. The standard InChI is InChI=1S/C10H20N2O2S2/c1-8-6-4-3-5-7-12(8)16(13,14)9(2)10(11)15/h8-9H,3-7H2,1-2H3,(H2,11,15). The molecule has 94 valence electrons. The van der Waals surface area contributed by atoms with Crippen molar-refractivity contribution in [3.05, 3.63) is 0 Å². The zero-order valence-corrected chi connectivity index (χ0v) is 11.5. The van der Waals surface area contributed by atoms with Gasteiger partial charge >= 0.3 is 0 Å². The van der Waals surface area contributed by atoms with E-state index in [0.29, 0.717) is 6.54 Å². The molecule has 1 aliphatic rings. The summed E-state index contributed by atoms with van der Waals surface area (Å²) in [6, 6.07) is 0.0595. The second-order valence-electron chi connectivity index (χ2n) is 4.40. The molecule has 4 nitrogen and oxygen atoms in total. The lowest BCUT2D eigenvalue weighted by Crippen LogP contribution is -2.46. The van der Waals surface area contributed by atoms with E-state index in [1.54, 1.807) is 11.2 Å². The number of sulfonamides is 1. The van der Waals surface area contributed by atoms with Crippen molar-refractivity contribution in [2.75, 3.05) is 6.54 Å². The van der Waals surface area contributed by atoms with Gasteiger partial charge in [-0.15, -0.1) is 0 Å². The van der Waals surface area contributed by atoms with Crippen molar-refractivity contribution in [2.24, 2.45) is 5.73 Å². The van der Waals surface area contributed by atoms with Crippen molar-refractivity contribution in [3.63, 3.8) is 0 Å². The number of hydrogen-bond donors (Lipinski definition) is 1. The minimum atomic E-state index is -3.37. The molecule has 0 aromatic carbocycles. The monoisotopic (exact) mass is 264 g/mol. The summed E-state index contributed by atoms with van der Waals surface area (Å²) >= 11 is 4.78. The van der Waals surface area contributed by atoms with Gasteiger partial charge in [0.15, 0.2) is 0 Å². The Morgan fingerprint density at radius 3 is 2.62 bits per heavy atom. The highest BCUT2D eigenvalue weighted by molar-refractivity contribution is 7.92. The summed E-state index contributed by atoms with van der Waals surface area (Å²) in [4.78, 5) is 0.0523. The normalized spacial score (nSPS) is 26.0. The maximum Gasteiger partial charge on any atom is 0.223 e. The first-order valence-electron chi connectivity index (χ1n) is 5.67. The molecule has 1 rings (SSSR count). The summed E-state index contributed by atoms with van der Waals surface area (Å²) in [5.41, 5.74) is 5.44. The van der Waals surface area contributed by atoms with E-state index in [4.69, 9.17) is 18.0 Å². The van der Waals surface area contributed by atoms with Gasteiger partial charge in [0.2, 0.25) is 10.0 Å². The van der Waals surface area contributed by atoms with Gasteiger partial charge in [-0.2, -0.15) is 4.31 Å². The molecule has 1 saturated heterocycles. The van der Waals surface area contributed by atoms with E-state index < -0.39 is 15.3 Å². The van der Waals surface area contributed by atoms with Crippen LogP contribution in [-0.2, 0) is 10.0 Å². The molecule has 16 heavy (non-hydrogen) atoms. The predicted octanol–water partition coefficient (Wildman–Crippen LogP) is 1.26. The van der Waals surface area contributed by atoms with Crippen LogP contribution >= 0.6 is 12.2 Å². The smallest absolute Gasteiger partial charge is 0.223 e. The Morgan fingerprint density at radius 1 is 1.44 bits per heavy atom. The lowest BCUT2D eigenvalue weighted by atomic mass is 10.1. The van der Waals surface area contributed by atoms with Gasteiger partial charge in [-0.25, -0.2) is 8.42 Å². The van der Waals surface area contributed by atoms with E-state index >= 15 is 0 Å². The molecule has 6 heteroatoms. The van der Waals surface area contributed by atoms with Crippen molar-refractivity contribution in [2.45, 2.75) is 50.8 Å². The molecular weight excluding hydrogens is 244 g/mol. The van der Waals surface area contributed by atoms with Crippen LogP contribution in [0, 0.1) is 0 Å². The average Bonchev–Trinajstić information content (AvgIpc) is 2.41. The largest absolute Gasteiger partial charge is 0.392 e. The predicted molar refractivity (Wildman–Crippen MR) is 69.8 cm³/mol. The number of nitrogens with two attached hydrogens (primary N) is 1. The molecule has 2 N–H and O–H groups in total. The quantitative estimate of drug-likeness (QED) is 0.779. The number of rotatable bonds is 3. The molecule has 0 bridgehead atoms. The van der Waals surface area contributed by atoms with E-state index in [0.717, 1.165) is 25.7 Å². The Bertz CT molecular complexity index is 354. The zero-order chi connectivity index (χ0) is 12.3. The fourth-order valence-corrected chi connectivity index (χ4v) is 4.03. The second-order valence-corrected chi connectivity index (χ2v) is 7.08. The van der Waals surface area contributed by atoms with Crippen LogP contribution in [0.5, 0.6) is 0 Å². The first-order chi connectivity index (χ1) is 7.37. The van der Waals surface area contributed by atoms with E-state index in [9.17, 15) is 8.42 Å². The van der Waals surface area contributed by atoms with Crippen molar-refractivity contribution in [1.29, 1.82) is 0 Å². The molecule has 0 saturated carbocycles. The Morgan fingerprint density at radius 2 is 2.06 bits per heavy atom. The Hall–Kier alpha value is -0.200. The van der Waals surface area contributed by atoms with E-state index in [1.165, 1.54) is 0 Å². The van der Waals surface area contributed by atoms with Crippen molar-refractivity contribution >= 4 is 27.2 Å². The Kier molecular flexibility index (Phi) is 4.70. The van der Waals surface area contributed by atoms with Gasteiger partial charge in [0.05, 0.1) is 4.99 Å². The van der Waals surface area contributed by atoms with Crippen LogP contribution in [0.25, 0.3) is 0 Å². The highest BCUT2D eigenvalue weighted by Crippen LogP contribution is 2.22. The second kappa shape index (κ2) is 5.42. The zero-order valence-electron chi connectivity index (χ0n) is 9.85. The van der Waals surface area contributed by atoms with Crippen molar-refractivity contribution in [3.8, 4) is 0 Å². The SMILES string of the molecule is CC1CCCCCN1S(=O)(=O)C(C)C(N)=S. The molecule has 2 atom stereocenters. The van der Waals surface area contributed by atoms with E-state index in [2.05, 4.69) is 0 Å². The Balaban J connectivity index is 2.92. The number of thiocarbonyl (C=S) groups is 1. The van der Waals surface area contributed by atoms with Gasteiger partial charge in [-0.3, -0.25) is 0 Å². The van der Waals surface area contributed by atoms with Gasteiger partial charge in [-0.05, 0) is 26.7 Å². The molecule has 0 spiro atoms. The minimum absolute atomic E-state index is 0.0523. The van der Waals surface area contributed by atoms with Crippen LogP contribution in [0.2, 0.25) is 0 Å². The summed E-state index contributed by atoms with van der Waals surface area (Å²) in [6.45, 7) is 4.11. The van der Waals surface area contributed by atoms with E-state index in [-0.39, 0.29) is 11.0 Å². The first-order valence-corrected chi connectivity index (χ1v) is 7.58. The summed E-state index contributed by atoms with van der Waals surface area (Å²) in [6.07, 6.45) is 4.03. The summed E-state index contributed by atoms with van der Waals surface area (Å²) in [5.74, 6) is 0.